The minimum atomic E-state index is -0.308. The van der Waals surface area contributed by atoms with E-state index in [4.69, 9.17) is 9.84 Å². The Morgan fingerprint density at radius 3 is 3.11 bits per heavy atom. The van der Waals surface area contributed by atoms with Gasteiger partial charge in [0.25, 0.3) is 5.91 Å². The van der Waals surface area contributed by atoms with Crippen molar-refractivity contribution in [3.8, 4) is 0 Å². The topological polar surface area (TPSA) is 71.5 Å². The highest BCUT2D eigenvalue weighted by Gasteiger charge is 2.23. The fraction of sp³-hybridized carbons (Fsp3) is 0.692. The lowest BCUT2D eigenvalue weighted by Crippen LogP contribution is -2.35. The maximum absolute atomic E-state index is 12.0. The van der Waals surface area contributed by atoms with Gasteiger partial charge in [-0.2, -0.15) is 0 Å². The number of aromatic nitrogens is 1. The van der Waals surface area contributed by atoms with E-state index in [1.54, 1.807) is 6.20 Å². The lowest BCUT2D eigenvalue weighted by molar-refractivity contribution is 0.0915. The van der Waals surface area contributed by atoms with E-state index < -0.39 is 0 Å². The molecule has 5 nitrogen and oxygen atoms in total. The number of carbonyl (C=O) groups excluding carboxylic acids is 1. The lowest BCUT2D eigenvalue weighted by Gasteiger charge is -2.21. The molecule has 0 bridgehead atoms. The fourth-order valence-electron chi connectivity index (χ4n) is 1.78. The summed E-state index contributed by atoms with van der Waals surface area (Å²) in [5.74, 6) is -0.136. The van der Waals surface area contributed by atoms with Gasteiger partial charge in [0.1, 0.15) is 16.0 Å². The molecule has 106 valence electrons. The van der Waals surface area contributed by atoms with E-state index >= 15 is 0 Å². The number of aliphatic hydroxyl groups is 1. The Morgan fingerprint density at radius 2 is 2.47 bits per heavy atom. The molecular formula is C13H20N2O3S. The maximum atomic E-state index is 12.0. The molecule has 1 aromatic heterocycles. The molecule has 1 atom stereocenters. The van der Waals surface area contributed by atoms with E-state index in [9.17, 15) is 4.79 Å². The van der Waals surface area contributed by atoms with Gasteiger partial charge in [-0.3, -0.25) is 4.79 Å². The molecule has 1 fully saturated rings. The van der Waals surface area contributed by atoms with Gasteiger partial charge in [0, 0.05) is 25.2 Å². The first-order valence-electron chi connectivity index (χ1n) is 6.48. The van der Waals surface area contributed by atoms with Gasteiger partial charge in [-0.1, -0.05) is 13.8 Å². The van der Waals surface area contributed by atoms with Gasteiger partial charge in [-0.05, 0) is 12.8 Å². The molecule has 1 aliphatic rings. The monoisotopic (exact) mass is 284 g/mol. The van der Waals surface area contributed by atoms with Crippen LogP contribution in [0.3, 0.4) is 0 Å². The molecule has 0 saturated carbocycles. The SMILES string of the molecule is CC(C)(CO)CNC(=O)c1cnc(C2CCCO2)s1. The molecule has 6 heteroatoms. The van der Waals surface area contributed by atoms with Crippen LogP contribution < -0.4 is 5.32 Å². The first-order valence-corrected chi connectivity index (χ1v) is 7.30. The molecular weight excluding hydrogens is 264 g/mol. The largest absolute Gasteiger partial charge is 0.396 e. The van der Waals surface area contributed by atoms with Crippen LogP contribution in [0.2, 0.25) is 0 Å². The van der Waals surface area contributed by atoms with Gasteiger partial charge in [0.2, 0.25) is 0 Å². The average Bonchev–Trinajstić information content (AvgIpc) is 3.05. The Labute approximate surface area is 117 Å². The van der Waals surface area contributed by atoms with E-state index in [0.29, 0.717) is 11.4 Å². The predicted molar refractivity (Wildman–Crippen MR) is 73.2 cm³/mol. The van der Waals surface area contributed by atoms with Crippen LogP contribution in [0.4, 0.5) is 0 Å². The van der Waals surface area contributed by atoms with E-state index in [-0.39, 0.29) is 24.0 Å². The van der Waals surface area contributed by atoms with Crippen molar-refractivity contribution in [1.29, 1.82) is 0 Å². The molecule has 19 heavy (non-hydrogen) atoms. The maximum Gasteiger partial charge on any atom is 0.263 e. The molecule has 1 aromatic rings. The molecule has 1 unspecified atom stereocenters. The normalized spacial score (nSPS) is 19.6. The van der Waals surface area contributed by atoms with Crippen molar-refractivity contribution in [3.05, 3.63) is 16.1 Å². The van der Waals surface area contributed by atoms with Crippen molar-refractivity contribution < 1.29 is 14.6 Å². The number of aliphatic hydroxyl groups excluding tert-OH is 1. The highest BCUT2D eigenvalue weighted by molar-refractivity contribution is 7.13. The zero-order valence-electron chi connectivity index (χ0n) is 11.3. The number of carbonyl (C=O) groups is 1. The van der Waals surface area contributed by atoms with E-state index in [2.05, 4.69) is 10.3 Å². The van der Waals surface area contributed by atoms with Crippen LogP contribution >= 0.6 is 11.3 Å². The molecule has 2 rings (SSSR count). The van der Waals surface area contributed by atoms with Crippen LogP contribution in [0.5, 0.6) is 0 Å². The third-order valence-corrected chi connectivity index (χ3v) is 4.20. The van der Waals surface area contributed by atoms with Crippen molar-refractivity contribution in [2.75, 3.05) is 19.8 Å². The summed E-state index contributed by atoms with van der Waals surface area (Å²) in [6, 6.07) is 0. The van der Waals surface area contributed by atoms with E-state index in [0.717, 1.165) is 24.5 Å². The third kappa shape index (κ3) is 3.75. The Kier molecular flexibility index (Phi) is 4.54. The highest BCUT2D eigenvalue weighted by Crippen LogP contribution is 2.31. The van der Waals surface area contributed by atoms with Gasteiger partial charge >= 0.3 is 0 Å². The Hall–Kier alpha value is -0.980. The van der Waals surface area contributed by atoms with Crippen molar-refractivity contribution in [3.63, 3.8) is 0 Å². The molecule has 0 radical (unpaired) electrons. The van der Waals surface area contributed by atoms with Gasteiger partial charge in [0.15, 0.2) is 0 Å². The van der Waals surface area contributed by atoms with Crippen LogP contribution in [-0.2, 0) is 4.74 Å². The smallest absolute Gasteiger partial charge is 0.263 e. The molecule has 2 N–H and O–H groups in total. The van der Waals surface area contributed by atoms with Crippen LogP contribution in [0.25, 0.3) is 0 Å². The number of ether oxygens (including phenoxy) is 1. The summed E-state index contributed by atoms with van der Waals surface area (Å²) >= 11 is 1.39. The summed E-state index contributed by atoms with van der Waals surface area (Å²) in [6.07, 6.45) is 3.69. The third-order valence-electron chi connectivity index (χ3n) is 3.11. The van der Waals surface area contributed by atoms with Gasteiger partial charge < -0.3 is 15.2 Å². The number of nitrogens with one attached hydrogen (secondary N) is 1. The molecule has 1 aliphatic heterocycles. The highest BCUT2D eigenvalue weighted by atomic mass is 32.1. The summed E-state index contributed by atoms with van der Waals surface area (Å²) in [6.45, 7) is 5.05. The quantitative estimate of drug-likeness (QED) is 0.864. The van der Waals surface area contributed by atoms with Crippen LogP contribution in [0.1, 0.15) is 47.5 Å². The summed E-state index contributed by atoms with van der Waals surface area (Å²) in [5.41, 5.74) is -0.308. The standard InChI is InChI=1S/C13H20N2O3S/c1-13(2,8-16)7-15-11(17)10-6-14-12(19-10)9-4-3-5-18-9/h6,9,16H,3-5,7-8H2,1-2H3,(H,15,17). The average molecular weight is 284 g/mol. The molecule has 1 amide bonds. The molecule has 0 aliphatic carbocycles. The number of rotatable bonds is 5. The number of amides is 1. The van der Waals surface area contributed by atoms with Crippen LogP contribution in [-0.4, -0.2) is 35.8 Å². The first-order chi connectivity index (χ1) is 9.02. The van der Waals surface area contributed by atoms with Crippen LogP contribution in [0, 0.1) is 5.41 Å². The van der Waals surface area contributed by atoms with Crippen molar-refractivity contribution in [2.24, 2.45) is 5.41 Å². The number of hydrogen-bond acceptors (Lipinski definition) is 5. The zero-order valence-corrected chi connectivity index (χ0v) is 12.1. The van der Waals surface area contributed by atoms with Crippen molar-refractivity contribution in [2.45, 2.75) is 32.8 Å². The predicted octanol–water partition coefficient (Wildman–Crippen LogP) is 1.74. The van der Waals surface area contributed by atoms with Gasteiger partial charge in [0.05, 0.1) is 6.20 Å². The second kappa shape index (κ2) is 5.98. The Balaban J connectivity index is 1.92. The second-order valence-electron chi connectivity index (χ2n) is 5.57. The molecule has 0 aromatic carbocycles. The van der Waals surface area contributed by atoms with Crippen molar-refractivity contribution in [1.82, 2.24) is 10.3 Å². The Morgan fingerprint density at radius 1 is 1.68 bits per heavy atom. The lowest BCUT2D eigenvalue weighted by atomic mass is 9.95. The molecule has 2 heterocycles. The van der Waals surface area contributed by atoms with Crippen molar-refractivity contribution >= 4 is 17.2 Å². The fourth-order valence-corrected chi connectivity index (χ4v) is 2.69. The van der Waals surface area contributed by atoms with Crippen LogP contribution in [0.15, 0.2) is 6.20 Å². The first kappa shape index (κ1) is 14.4. The van der Waals surface area contributed by atoms with E-state index in [1.807, 2.05) is 13.8 Å². The second-order valence-corrected chi connectivity index (χ2v) is 6.63. The number of hydrogen-bond donors (Lipinski definition) is 2. The number of nitrogens with zero attached hydrogens (tertiary/aromatic N) is 1. The summed E-state index contributed by atoms with van der Waals surface area (Å²) < 4.78 is 5.55. The van der Waals surface area contributed by atoms with Gasteiger partial charge in [-0.15, -0.1) is 11.3 Å². The number of thiazole rings is 1. The summed E-state index contributed by atoms with van der Waals surface area (Å²) in [5, 5.41) is 12.9. The Bertz CT molecular complexity index is 439. The minimum absolute atomic E-state index is 0.0388. The summed E-state index contributed by atoms with van der Waals surface area (Å²) in [4.78, 5) is 16.8. The summed E-state index contributed by atoms with van der Waals surface area (Å²) in [7, 11) is 0. The van der Waals surface area contributed by atoms with Gasteiger partial charge in [-0.25, -0.2) is 4.98 Å². The zero-order chi connectivity index (χ0) is 13.9. The minimum Gasteiger partial charge on any atom is -0.396 e. The molecule has 1 saturated heterocycles. The van der Waals surface area contributed by atoms with E-state index in [1.165, 1.54) is 11.3 Å². The molecule has 0 spiro atoms.